The van der Waals surface area contributed by atoms with E-state index < -0.39 is 0 Å². The summed E-state index contributed by atoms with van der Waals surface area (Å²) in [5, 5.41) is 10.9. The highest BCUT2D eigenvalue weighted by molar-refractivity contribution is 5.59. The number of halogens is 1. The molecule has 0 spiro atoms. The number of rotatable bonds is 4. The van der Waals surface area contributed by atoms with Crippen molar-refractivity contribution in [2.24, 2.45) is 0 Å². The first-order valence-corrected chi connectivity index (χ1v) is 7.82. The molecule has 1 N–H and O–H groups in total. The van der Waals surface area contributed by atoms with Gasteiger partial charge in [0, 0.05) is 18.0 Å². The Balaban J connectivity index is 1.54. The van der Waals surface area contributed by atoms with E-state index in [1.165, 1.54) is 12.3 Å². The number of aryl methyl sites for hydroxylation is 1. The molecule has 1 aromatic carbocycles. The molecule has 7 heteroatoms. The molecule has 0 fully saturated rings. The van der Waals surface area contributed by atoms with Crippen molar-refractivity contribution in [1.29, 1.82) is 0 Å². The highest BCUT2D eigenvalue weighted by atomic mass is 19.1. The van der Waals surface area contributed by atoms with Gasteiger partial charge in [0.05, 0.1) is 24.1 Å². The smallest absolute Gasteiger partial charge is 0.243 e. The van der Waals surface area contributed by atoms with Crippen molar-refractivity contribution < 1.29 is 4.39 Å². The van der Waals surface area contributed by atoms with E-state index in [1.54, 1.807) is 18.2 Å². The molecule has 0 radical (unpaired) electrons. The average molecular weight is 334 g/mol. The van der Waals surface area contributed by atoms with Crippen molar-refractivity contribution in [3.05, 3.63) is 72.1 Å². The minimum atomic E-state index is -0.343. The van der Waals surface area contributed by atoms with Gasteiger partial charge in [-0.3, -0.25) is 0 Å². The lowest BCUT2D eigenvalue weighted by molar-refractivity contribution is 0.630. The second kappa shape index (κ2) is 6.27. The number of pyridine rings is 1. The van der Waals surface area contributed by atoms with Crippen LogP contribution in [0.3, 0.4) is 0 Å². The van der Waals surface area contributed by atoms with Gasteiger partial charge in [0.1, 0.15) is 11.5 Å². The number of hydrogen-bond acceptors (Lipinski definition) is 5. The lowest BCUT2D eigenvalue weighted by Gasteiger charge is -2.05. The molecule has 0 aliphatic heterocycles. The molecular formula is C18H15FN6. The van der Waals surface area contributed by atoms with E-state index in [1.807, 2.05) is 35.9 Å². The molecule has 6 nitrogen and oxygen atoms in total. The van der Waals surface area contributed by atoms with Crippen molar-refractivity contribution in [2.45, 2.75) is 13.5 Å². The summed E-state index contributed by atoms with van der Waals surface area (Å²) in [5.41, 5.74) is 3.72. The number of anilines is 1. The molecule has 0 saturated heterocycles. The van der Waals surface area contributed by atoms with Crippen LogP contribution in [0.1, 0.15) is 11.3 Å². The van der Waals surface area contributed by atoms with E-state index >= 15 is 0 Å². The molecule has 0 amide bonds. The lowest BCUT2D eigenvalue weighted by atomic mass is 10.1. The molecule has 4 aromatic rings. The van der Waals surface area contributed by atoms with Gasteiger partial charge < -0.3 is 9.72 Å². The second-order valence-electron chi connectivity index (χ2n) is 5.70. The minimum Gasteiger partial charge on any atom is -0.347 e. The van der Waals surface area contributed by atoms with Crippen LogP contribution in [0.15, 0.2) is 55.0 Å². The first-order chi connectivity index (χ1) is 12.2. The van der Waals surface area contributed by atoms with Crippen LogP contribution in [0.2, 0.25) is 0 Å². The van der Waals surface area contributed by atoms with E-state index in [0.29, 0.717) is 23.8 Å². The quantitative estimate of drug-likeness (QED) is 0.620. The molecule has 25 heavy (non-hydrogen) atoms. The molecule has 0 saturated carbocycles. The Labute approximate surface area is 143 Å². The van der Waals surface area contributed by atoms with Crippen LogP contribution in [-0.2, 0) is 6.54 Å². The minimum absolute atomic E-state index is 0.328. The molecule has 0 unspecified atom stereocenters. The summed E-state index contributed by atoms with van der Waals surface area (Å²) in [6, 6.07) is 10.5. The van der Waals surface area contributed by atoms with Gasteiger partial charge in [0.2, 0.25) is 5.95 Å². The molecule has 3 aromatic heterocycles. The Hall–Kier alpha value is -3.35. The Morgan fingerprint density at radius 1 is 1.16 bits per heavy atom. The fourth-order valence-electron chi connectivity index (χ4n) is 2.57. The van der Waals surface area contributed by atoms with Crippen molar-refractivity contribution in [2.75, 3.05) is 5.32 Å². The Morgan fingerprint density at radius 2 is 2.04 bits per heavy atom. The maximum atomic E-state index is 13.9. The van der Waals surface area contributed by atoms with E-state index in [4.69, 9.17) is 0 Å². The molecule has 0 aliphatic carbocycles. The van der Waals surface area contributed by atoms with Gasteiger partial charge >= 0.3 is 0 Å². The third-order valence-corrected chi connectivity index (χ3v) is 3.80. The number of hydrogen-bond donors (Lipinski definition) is 1. The van der Waals surface area contributed by atoms with E-state index in [0.717, 1.165) is 16.9 Å². The van der Waals surface area contributed by atoms with Gasteiger partial charge in [-0.15, -0.1) is 5.10 Å². The molecule has 0 aliphatic rings. The van der Waals surface area contributed by atoms with Gasteiger partial charge in [-0.2, -0.15) is 5.10 Å². The van der Waals surface area contributed by atoms with Gasteiger partial charge in [-0.05, 0) is 36.8 Å². The second-order valence-corrected chi connectivity index (χ2v) is 5.70. The van der Waals surface area contributed by atoms with Crippen LogP contribution < -0.4 is 5.32 Å². The van der Waals surface area contributed by atoms with Gasteiger partial charge in [0.25, 0.3) is 0 Å². The predicted molar refractivity (Wildman–Crippen MR) is 92.5 cm³/mol. The normalized spacial score (nSPS) is 11.0. The summed E-state index contributed by atoms with van der Waals surface area (Å²) in [6.45, 7) is 2.48. The number of benzene rings is 1. The fourth-order valence-corrected chi connectivity index (χ4v) is 2.57. The first-order valence-electron chi connectivity index (χ1n) is 7.82. The summed E-state index contributed by atoms with van der Waals surface area (Å²) < 4.78 is 15.8. The highest BCUT2D eigenvalue weighted by Gasteiger charge is 2.08. The molecular weight excluding hydrogens is 319 g/mol. The summed E-state index contributed by atoms with van der Waals surface area (Å²) in [6.07, 6.45) is 5.35. The zero-order valence-electron chi connectivity index (χ0n) is 13.5. The van der Waals surface area contributed by atoms with Crippen LogP contribution in [0.4, 0.5) is 10.3 Å². The van der Waals surface area contributed by atoms with E-state index in [2.05, 4.69) is 25.5 Å². The largest absolute Gasteiger partial charge is 0.347 e. The van der Waals surface area contributed by atoms with Crippen LogP contribution >= 0.6 is 0 Å². The maximum absolute atomic E-state index is 13.9. The Kier molecular flexibility index (Phi) is 3.81. The van der Waals surface area contributed by atoms with Crippen LogP contribution in [0, 0.1) is 12.7 Å². The molecule has 4 rings (SSSR count). The monoisotopic (exact) mass is 334 g/mol. The summed E-state index contributed by atoms with van der Waals surface area (Å²) in [7, 11) is 0. The van der Waals surface area contributed by atoms with E-state index in [9.17, 15) is 4.39 Å². The average Bonchev–Trinajstić information content (AvgIpc) is 3.02. The van der Waals surface area contributed by atoms with Gasteiger partial charge in [-0.25, -0.2) is 14.4 Å². The van der Waals surface area contributed by atoms with Crippen molar-refractivity contribution in [1.82, 2.24) is 24.6 Å². The number of nitrogens with one attached hydrogen (secondary N) is 1. The maximum Gasteiger partial charge on any atom is 0.243 e. The molecule has 0 bridgehead atoms. The molecule has 124 valence electrons. The predicted octanol–water partition coefficient (Wildman–Crippen LogP) is 3.25. The highest BCUT2D eigenvalue weighted by Crippen LogP contribution is 2.20. The van der Waals surface area contributed by atoms with Crippen molar-refractivity contribution in [3.8, 4) is 11.3 Å². The van der Waals surface area contributed by atoms with Crippen LogP contribution in [-0.4, -0.2) is 24.6 Å². The Morgan fingerprint density at radius 3 is 2.92 bits per heavy atom. The van der Waals surface area contributed by atoms with Gasteiger partial charge in [-0.1, -0.05) is 12.1 Å². The summed E-state index contributed by atoms with van der Waals surface area (Å²) >= 11 is 0. The topological polar surface area (TPSA) is 68.0 Å². The number of nitrogens with zero attached hydrogens (tertiary/aromatic N) is 5. The standard InChI is InChI=1S/C18H15FN6/c1-12-6-7-25-11-13(22-17(25)8-12)9-20-18-23-16(10-21-24-18)14-4-2-3-5-15(14)19/h2-8,10-11H,9H2,1H3,(H,20,23,24). The SMILES string of the molecule is Cc1ccn2cc(CNc3nncc(-c4ccccc4F)n3)nc2c1. The number of aromatic nitrogens is 5. The fraction of sp³-hybridized carbons (Fsp3) is 0.111. The Bertz CT molecular complexity index is 1040. The molecule has 3 heterocycles. The first kappa shape index (κ1) is 15.2. The van der Waals surface area contributed by atoms with Crippen LogP contribution in [0.25, 0.3) is 16.9 Å². The van der Waals surface area contributed by atoms with Crippen molar-refractivity contribution in [3.63, 3.8) is 0 Å². The summed E-state index contributed by atoms with van der Waals surface area (Å²) in [4.78, 5) is 8.88. The zero-order chi connectivity index (χ0) is 17.2. The third-order valence-electron chi connectivity index (χ3n) is 3.80. The lowest BCUT2D eigenvalue weighted by Crippen LogP contribution is -2.05. The number of imidazole rings is 1. The van der Waals surface area contributed by atoms with Gasteiger partial charge in [0.15, 0.2) is 0 Å². The summed E-state index contributed by atoms with van der Waals surface area (Å²) in [5.74, 6) is -0.0151. The zero-order valence-corrected chi connectivity index (χ0v) is 13.5. The molecule has 0 atom stereocenters. The number of fused-ring (bicyclic) bond motifs is 1. The van der Waals surface area contributed by atoms with E-state index in [-0.39, 0.29) is 5.82 Å². The third kappa shape index (κ3) is 3.16. The van der Waals surface area contributed by atoms with Crippen molar-refractivity contribution >= 4 is 11.6 Å². The van der Waals surface area contributed by atoms with Crippen LogP contribution in [0.5, 0.6) is 0 Å².